The molecule has 0 N–H and O–H groups in total. The molecular formula is C14H24S. The third-order valence-electron chi connectivity index (χ3n) is 2.26. The Hall–Kier alpha value is -0.430. The van der Waals surface area contributed by atoms with Gasteiger partial charge in [0.1, 0.15) is 0 Å². The van der Waals surface area contributed by atoms with Gasteiger partial charge >= 0.3 is 0 Å². The van der Waals surface area contributed by atoms with Crippen LogP contribution in [0, 0.1) is 0 Å². The number of hydrogen-bond acceptors (Lipinski definition) is 1. The van der Waals surface area contributed by atoms with Crippen LogP contribution < -0.4 is 0 Å². The molecule has 0 radical (unpaired) electrons. The SMILES string of the molecule is CC.CC.CC1CCSc2ccccc21. The summed E-state index contributed by atoms with van der Waals surface area (Å²) in [7, 11) is 0. The summed E-state index contributed by atoms with van der Waals surface area (Å²) in [4.78, 5) is 1.49. The molecule has 15 heavy (non-hydrogen) atoms. The van der Waals surface area contributed by atoms with Crippen molar-refractivity contribution >= 4 is 11.8 Å². The second-order valence-electron chi connectivity index (χ2n) is 3.08. The van der Waals surface area contributed by atoms with E-state index in [4.69, 9.17) is 0 Å². The maximum atomic E-state index is 2.32. The standard InChI is InChI=1S/C10H12S.2C2H6/c1-8-6-7-11-10-5-3-2-4-9(8)10;2*1-2/h2-5,8H,6-7H2,1H3;2*1-2H3. The van der Waals surface area contributed by atoms with Crippen molar-refractivity contribution in [3.8, 4) is 0 Å². The molecule has 1 aliphatic heterocycles. The molecule has 0 spiro atoms. The maximum absolute atomic E-state index is 2.32. The highest BCUT2D eigenvalue weighted by Crippen LogP contribution is 2.36. The lowest BCUT2D eigenvalue weighted by molar-refractivity contribution is 0.713. The fourth-order valence-electron chi connectivity index (χ4n) is 1.52. The summed E-state index contributed by atoms with van der Waals surface area (Å²) >= 11 is 1.99. The molecule has 1 heteroatoms. The molecule has 0 aliphatic carbocycles. The second-order valence-corrected chi connectivity index (χ2v) is 4.21. The first-order valence-electron chi connectivity index (χ1n) is 6.09. The summed E-state index contributed by atoms with van der Waals surface area (Å²) < 4.78 is 0. The van der Waals surface area contributed by atoms with Crippen LogP contribution in [0.3, 0.4) is 0 Å². The summed E-state index contributed by atoms with van der Waals surface area (Å²) in [6, 6.07) is 8.76. The number of rotatable bonds is 0. The third kappa shape index (κ3) is 4.29. The topological polar surface area (TPSA) is 0 Å². The van der Waals surface area contributed by atoms with Crippen LogP contribution in [0.25, 0.3) is 0 Å². The van der Waals surface area contributed by atoms with E-state index in [0.717, 1.165) is 5.92 Å². The van der Waals surface area contributed by atoms with Crippen molar-refractivity contribution in [1.29, 1.82) is 0 Å². The highest BCUT2D eigenvalue weighted by atomic mass is 32.2. The number of benzene rings is 1. The monoisotopic (exact) mass is 224 g/mol. The molecule has 0 nitrogen and oxygen atoms in total. The van der Waals surface area contributed by atoms with E-state index in [2.05, 4.69) is 31.2 Å². The van der Waals surface area contributed by atoms with Crippen LogP contribution in [0.2, 0.25) is 0 Å². The van der Waals surface area contributed by atoms with E-state index in [1.807, 2.05) is 39.5 Å². The Bertz CT molecular complexity index is 255. The Kier molecular flexibility index (Phi) is 8.59. The molecule has 1 aliphatic rings. The molecule has 1 atom stereocenters. The van der Waals surface area contributed by atoms with Gasteiger partial charge in [-0.3, -0.25) is 0 Å². The molecule has 1 heterocycles. The van der Waals surface area contributed by atoms with Gasteiger partial charge in [0.25, 0.3) is 0 Å². The normalized spacial score (nSPS) is 17.5. The third-order valence-corrected chi connectivity index (χ3v) is 3.38. The van der Waals surface area contributed by atoms with E-state index in [1.165, 1.54) is 17.1 Å². The smallest absolute Gasteiger partial charge is 0.0107 e. The van der Waals surface area contributed by atoms with E-state index in [-0.39, 0.29) is 0 Å². The molecule has 0 fully saturated rings. The van der Waals surface area contributed by atoms with Gasteiger partial charge in [-0.2, -0.15) is 0 Å². The van der Waals surface area contributed by atoms with Crippen LogP contribution in [0.1, 0.15) is 52.5 Å². The van der Waals surface area contributed by atoms with E-state index < -0.39 is 0 Å². The van der Waals surface area contributed by atoms with Crippen LogP contribution in [0.4, 0.5) is 0 Å². The minimum absolute atomic E-state index is 0.771. The van der Waals surface area contributed by atoms with E-state index in [1.54, 1.807) is 5.56 Å². The van der Waals surface area contributed by atoms with Crippen molar-refractivity contribution < 1.29 is 0 Å². The van der Waals surface area contributed by atoms with Gasteiger partial charge in [-0.05, 0) is 29.7 Å². The molecule has 0 bridgehead atoms. The van der Waals surface area contributed by atoms with Crippen molar-refractivity contribution in [3.63, 3.8) is 0 Å². The van der Waals surface area contributed by atoms with Gasteiger partial charge in [-0.15, -0.1) is 11.8 Å². The summed E-state index contributed by atoms with van der Waals surface area (Å²) in [5, 5.41) is 0. The Labute approximate surface area is 99.5 Å². The van der Waals surface area contributed by atoms with Gasteiger partial charge in [-0.25, -0.2) is 0 Å². The minimum atomic E-state index is 0.771. The molecular weight excluding hydrogens is 200 g/mol. The zero-order chi connectivity index (χ0) is 11.7. The first-order valence-corrected chi connectivity index (χ1v) is 7.08. The second kappa shape index (κ2) is 8.84. The van der Waals surface area contributed by atoms with Gasteiger partial charge in [0, 0.05) is 4.90 Å². The maximum Gasteiger partial charge on any atom is 0.0107 e. The summed E-state index contributed by atoms with van der Waals surface area (Å²) in [6.07, 6.45) is 1.34. The first-order chi connectivity index (χ1) is 7.38. The van der Waals surface area contributed by atoms with Gasteiger partial charge in [0.05, 0.1) is 0 Å². The van der Waals surface area contributed by atoms with Gasteiger partial charge in [0.15, 0.2) is 0 Å². The van der Waals surface area contributed by atoms with Crippen molar-refractivity contribution in [2.24, 2.45) is 0 Å². The fourth-order valence-corrected chi connectivity index (χ4v) is 2.82. The molecule has 86 valence electrons. The summed E-state index contributed by atoms with van der Waals surface area (Å²) in [5.74, 6) is 2.06. The molecule has 0 saturated carbocycles. The average molecular weight is 224 g/mol. The molecule has 0 aromatic heterocycles. The highest BCUT2D eigenvalue weighted by molar-refractivity contribution is 7.99. The van der Waals surface area contributed by atoms with Crippen LogP contribution >= 0.6 is 11.8 Å². The number of thioether (sulfide) groups is 1. The van der Waals surface area contributed by atoms with Gasteiger partial charge in [0.2, 0.25) is 0 Å². The van der Waals surface area contributed by atoms with Gasteiger partial charge < -0.3 is 0 Å². The largest absolute Gasteiger partial charge is 0.126 e. The molecule has 1 unspecified atom stereocenters. The molecule has 1 aromatic carbocycles. The first kappa shape index (κ1) is 14.6. The Morgan fingerprint density at radius 1 is 1.07 bits per heavy atom. The van der Waals surface area contributed by atoms with Crippen molar-refractivity contribution in [3.05, 3.63) is 29.8 Å². The fraction of sp³-hybridized carbons (Fsp3) is 0.571. The Morgan fingerprint density at radius 3 is 2.27 bits per heavy atom. The quantitative estimate of drug-likeness (QED) is 0.573. The molecule has 1 aromatic rings. The predicted molar refractivity (Wildman–Crippen MR) is 72.9 cm³/mol. The van der Waals surface area contributed by atoms with E-state index >= 15 is 0 Å². The number of hydrogen-bond donors (Lipinski definition) is 0. The highest BCUT2D eigenvalue weighted by Gasteiger charge is 2.14. The van der Waals surface area contributed by atoms with Crippen LogP contribution in [-0.2, 0) is 0 Å². The lowest BCUT2D eigenvalue weighted by atomic mass is 9.98. The Morgan fingerprint density at radius 2 is 1.67 bits per heavy atom. The van der Waals surface area contributed by atoms with Crippen LogP contribution in [0.15, 0.2) is 29.2 Å². The van der Waals surface area contributed by atoms with E-state index in [0.29, 0.717) is 0 Å². The molecule has 0 saturated heterocycles. The van der Waals surface area contributed by atoms with Crippen LogP contribution in [0.5, 0.6) is 0 Å². The van der Waals surface area contributed by atoms with Crippen molar-refractivity contribution in [1.82, 2.24) is 0 Å². The Balaban J connectivity index is 0.000000442. The lowest BCUT2D eigenvalue weighted by Crippen LogP contribution is -2.02. The van der Waals surface area contributed by atoms with Crippen molar-refractivity contribution in [2.45, 2.75) is 51.9 Å². The minimum Gasteiger partial charge on any atom is -0.126 e. The molecule has 0 amide bonds. The summed E-state index contributed by atoms with van der Waals surface area (Å²) in [5.41, 5.74) is 1.55. The predicted octanol–water partition coefficient (Wildman–Crippen LogP) is 5.34. The van der Waals surface area contributed by atoms with Gasteiger partial charge in [-0.1, -0.05) is 52.8 Å². The number of fused-ring (bicyclic) bond motifs is 1. The average Bonchev–Trinajstić information content (AvgIpc) is 2.35. The van der Waals surface area contributed by atoms with Crippen molar-refractivity contribution in [2.75, 3.05) is 5.75 Å². The van der Waals surface area contributed by atoms with E-state index in [9.17, 15) is 0 Å². The summed E-state index contributed by atoms with van der Waals surface area (Å²) in [6.45, 7) is 10.3. The molecule has 2 rings (SSSR count). The zero-order valence-corrected chi connectivity index (χ0v) is 11.5. The zero-order valence-electron chi connectivity index (χ0n) is 10.7. The van der Waals surface area contributed by atoms with Crippen LogP contribution in [-0.4, -0.2) is 5.75 Å². The lowest BCUT2D eigenvalue weighted by Gasteiger charge is -2.20.